The highest BCUT2D eigenvalue weighted by atomic mass is 15.1. The molecule has 0 saturated heterocycles. The number of azo groups is 1. The van der Waals surface area contributed by atoms with Gasteiger partial charge in [-0.15, -0.1) is 0 Å². The summed E-state index contributed by atoms with van der Waals surface area (Å²) in [7, 11) is 0. The van der Waals surface area contributed by atoms with E-state index >= 15 is 0 Å². The second-order valence-electron chi connectivity index (χ2n) is 8.75. The topological polar surface area (TPSA) is 36.8 Å². The van der Waals surface area contributed by atoms with Crippen molar-refractivity contribution < 1.29 is 0 Å². The monoisotopic (exact) mass is 345 g/mol. The third-order valence-corrected chi connectivity index (χ3v) is 6.68. The molecule has 0 heterocycles. The van der Waals surface area contributed by atoms with Crippen LogP contribution >= 0.6 is 0 Å². The molecule has 2 aromatic rings. The molecule has 3 nitrogen and oxygen atoms in total. The van der Waals surface area contributed by atoms with Crippen LogP contribution in [0, 0.1) is 17.8 Å². The van der Waals surface area contributed by atoms with Crippen molar-refractivity contribution in [1.29, 1.82) is 0 Å². The van der Waals surface area contributed by atoms with Crippen molar-refractivity contribution in [2.45, 2.75) is 50.6 Å². The summed E-state index contributed by atoms with van der Waals surface area (Å²) in [5.41, 5.74) is 3.58. The summed E-state index contributed by atoms with van der Waals surface area (Å²) in [4.78, 5) is 0. The molecule has 4 aliphatic rings. The Balaban J connectivity index is 1.21. The molecule has 26 heavy (non-hydrogen) atoms. The van der Waals surface area contributed by atoms with Gasteiger partial charge in [0.25, 0.3) is 0 Å². The van der Waals surface area contributed by atoms with Gasteiger partial charge in [-0.1, -0.05) is 30.3 Å². The lowest BCUT2D eigenvalue weighted by Gasteiger charge is -2.57. The minimum absolute atomic E-state index is 0.431. The lowest BCUT2D eigenvalue weighted by atomic mass is 9.53. The van der Waals surface area contributed by atoms with Gasteiger partial charge in [-0.3, -0.25) is 0 Å². The summed E-state index contributed by atoms with van der Waals surface area (Å²) in [5.74, 6) is 2.98. The first-order valence-corrected chi connectivity index (χ1v) is 10.1. The van der Waals surface area contributed by atoms with E-state index in [-0.39, 0.29) is 0 Å². The summed E-state index contributed by atoms with van der Waals surface area (Å²) >= 11 is 0. The second kappa shape index (κ2) is 6.62. The van der Waals surface area contributed by atoms with Gasteiger partial charge in [0.05, 0.1) is 11.4 Å². The minimum atomic E-state index is 0.431. The molecule has 6 rings (SSSR count). The van der Waals surface area contributed by atoms with Crippen LogP contribution in [0.25, 0.3) is 0 Å². The first-order chi connectivity index (χ1) is 12.8. The van der Waals surface area contributed by atoms with Crippen molar-refractivity contribution in [3.8, 4) is 0 Å². The molecule has 134 valence electrons. The van der Waals surface area contributed by atoms with Gasteiger partial charge in [-0.2, -0.15) is 10.2 Å². The zero-order valence-electron chi connectivity index (χ0n) is 15.3. The van der Waals surface area contributed by atoms with Crippen molar-refractivity contribution in [2.75, 3.05) is 0 Å². The Labute approximate surface area is 155 Å². The Hall–Kier alpha value is -2.00. The highest BCUT2D eigenvalue weighted by Gasteiger charge is 2.50. The molecule has 4 bridgehead atoms. The van der Waals surface area contributed by atoms with E-state index in [1.807, 2.05) is 30.3 Å². The maximum Gasteiger partial charge on any atom is 0.0857 e. The molecule has 0 amide bonds. The van der Waals surface area contributed by atoms with Crippen LogP contribution in [0.1, 0.15) is 44.1 Å². The summed E-state index contributed by atoms with van der Waals surface area (Å²) in [6.45, 7) is 0.974. The highest BCUT2D eigenvalue weighted by molar-refractivity contribution is 5.41. The Bertz CT molecular complexity index is 744. The largest absolute Gasteiger partial charge is 0.307 e. The van der Waals surface area contributed by atoms with Gasteiger partial charge in [0, 0.05) is 12.1 Å². The van der Waals surface area contributed by atoms with Crippen LogP contribution in [-0.4, -0.2) is 5.54 Å². The molecule has 3 heteroatoms. The maximum atomic E-state index is 4.34. The van der Waals surface area contributed by atoms with Crippen molar-refractivity contribution >= 4 is 11.4 Å². The van der Waals surface area contributed by atoms with Gasteiger partial charge in [0.2, 0.25) is 0 Å². The molecular formula is C23H27N3. The van der Waals surface area contributed by atoms with E-state index in [4.69, 9.17) is 0 Å². The minimum Gasteiger partial charge on any atom is -0.307 e. The Kier molecular flexibility index (Phi) is 4.12. The highest BCUT2D eigenvalue weighted by Crippen LogP contribution is 2.55. The number of nitrogens with zero attached hydrogens (tertiary/aromatic N) is 2. The van der Waals surface area contributed by atoms with Crippen LogP contribution in [0.2, 0.25) is 0 Å². The van der Waals surface area contributed by atoms with E-state index in [0.29, 0.717) is 5.54 Å². The first-order valence-electron chi connectivity index (χ1n) is 10.1. The average Bonchev–Trinajstić information content (AvgIpc) is 2.65. The lowest BCUT2D eigenvalue weighted by Crippen LogP contribution is -2.58. The zero-order valence-corrected chi connectivity index (χ0v) is 15.3. The van der Waals surface area contributed by atoms with E-state index in [0.717, 1.165) is 35.7 Å². The van der Waals surface area contributed by atoms with E-state index < -0.39 is 0 Å². The molecule has 0 unspecified atom stereocenters. The van der Waals surface area contributed by atoms with Crippen LogP contribution in [-0.2, 0) is 6.54 Å². The molecule has 0 atom stereocenters. The quantitative estimate of drug-likeness (QED) is 0.647. The van der Waals surface area contributed by atoms with Gasteiger partial charge in [0.1, 0.15) is 0 Å². The van der Waals surface area contributed by atoms with Gasteiger partial charge in [-0.05, 0) is 86.1 Å². The van der Waals surface area contributed by atoms with Crippen LogP contribution in [0.15, 0.2) is 64.8 Å². The molecule has 0 radical (unpaired) electrons. The predicted molar refractivity (Wildman–Crippen MR) is 105 cm³/mol. The van der Waals surface area contributed by atoms with Crippen molar-refractivity contribution in [3.05, 3.63) is 60.2 Å². The fraction of sp³-hybridized carbons (Fsp3) is 0.478. The number of nitrogens with one attached hydrogen (secondary N) is 1. The molecule has 4 aliphatic carbocycles. The molecule has 4 saturated carbocycles. The van der Waals surface area contributed by atoms with Crippen LogP contribution in [0.4, 0.5) is 11.4 Å². The molecule has 2 aromatic carbocycles. The summed E-state index contributed by atoms with van der Waals surface area (Å²) < 4.78 is 0. The van der Waals surface area contributed by atoms with E-state index in [1.165, 1.54) is 44.1 Å². The standard InChI is InChI=1S/C23H27N3/c1-2-4-21(5-3-1)25-26-22-8-6-17(7-9-22)16-24-23-13-18-10-19(14-23)12-20(11-18)15-23/h1-9,18-20,24H,10-16H2. The average molecular weight is 345 g/mol. The maximum absolute atomic E-state index is 4.34. The molecule has 4 fully saturated rings. The normalized spacial score (nSPS) is 32.4. The Morgan fingerprint density at radius 3 is 1.85 bits per heavy atom. The Morgan fingerprint density at radius 2 is 1.27 bits per heavy atom. The fourth-order valence-corrected chi connectivity index (χ4v) is 5.91. The second-order valence-corrected chi connectivity index (χ2v) is 8.75. The van der Waals surface area contributed by atoms with Crippen molar-refractivity contribution in [1.82, 2.24) is 5.32 Å². The third kappa shape index (κ3) is 3.33. The lowest BCUT2D eigenvalue weighted by molar-refractivity contribution is -0.0206. The molecule has 0 aromatic heterocycles. The first kappa shape index (κ1) is 16.2. The van der Waals surface area contributed by atoms with E-state index in [9.17, 15) is 0 Å². The Morgan fingerprint density at radius 1 is 0.731 bits per heavy atom. The van der Waals surface area contributed by atoms with Gasteiger partial charge < -0.3 is 5.32 Å². The zero-order chi connectivity index (χ0) is 17.4. The van der Waals surface area contributed by atoms with E-state index in [1.54, 1.807) is 0 Å². The molecule has 0 aliphatic heterocycles. The fourth-order valence-electron chi connectivity index (χ4n) is 5.91. The molecular weight excluding hydrogens is 318 g/mol. The van der Waals surface area contributed by atoms with Gasteiger partial charge in [-0.25, -0.2) is 0 Å². The van der Waals surface area contributed by atoms with Gasteiger partial charge >= 0.3 is 0 Å². The number of benzene rings is 2. The third-order valence-electron chi connectivity index (χ3n) is 6.68. The summed E-state index contributed by atoms with van der Waals surface area (Å²) in [6, 6.07) is 18.4. The SMILES string of the molecule is c1ccc(N=Nc2ccc(CNC34CC5CC(CC(C5)C3)C4)cc2)cc1. The van der Waals surface area contributed by atoms with Crippen LogP contribution in [0.5, 0.6) is 0 Å². The number of hydrogen-bond acceptors (Lipinski definition) is 3. The predicted octanol–water partition coefficient (Wildman–Crippen LogP) is 6.16. The molecule has 1 N–H and O–H groups in total. The van der Waals surface area contributed by atoms with Crippen molar-refractivity contribution in [2.24, 2.45) is 28.0 Å². The number of rotatable bonds is 5. The van der Waals surface area contributed by atoms with E-state index in [2.05, 4.69) is 39.8 Å². The van der Waals surface area contributed by atoms with Gasteiger partial charge in [0.15, 0.2) is 0 Å². The summed E-state index contributed by atoms with van der Waals surface area (Å²) in [6.07, 6.45) is 8.72. The molecule has 0 spiro atoms. The van der Waals surface area contributed by atoms with Crippen molar-refractivity contribution in [3.63, 3.8) is 0 Å². The smallest absolute Gasteiger partial charge is 0.0857 e. The van der Waals surface area contributed by atoms with Crippen LogP contribution < -0.4 is 5.32 Å². The summed E-state index contributed by atoms with van der Waals surface area (Å²) in [5, 5.41) is 12.6. The number of hydrogen-bond donors (Lipinski definition) is 1. The van der Waals surface area contributed by atoms with Crippen LogP contribution in [0.3, 0.4) is 0 Å².